The van der Waals surface area contributed by atoms with E-state index >= 15 is 0 Å². The van der Waals surface area contributed by atoms with Gasteiger partial charge in [-0.15, -0.1) is 0 Å². The van der Waals surface area contributed by atoms with E-state index in [0.717, 1.165) is 11.8 Å². The molecular weight excluding hydrogens is 232 g/mol. The van der Waals surface area contributed by atoms with Gasteiger partial charge in [0.1, 0.15) is 0 Å². The Kier molecular flexibility index (Phi) is 3.10. The van der Waals surface area contributed by atoms with Crippen LogP contribution >= 0.6 is 0 Å². The molecule has 5 atom stereocenters. The molecular formula is C18H32O. The molecule has 1 saturated heterocycles. The lowest BCUT2D eigenvalue weighted by atomic mass is 9.44. The Hall–Kier alpha value is -0.0400. The highest BCUT2D eigenvalue weighted by molar-refractivity contribution is 5.09. The minimum absolute atomic E-state index is 0.163. The maximum atomic E-state index is 6.46. The summed E-state index contributed by atoms with van der Waals surface area (Å²) in [5.41, 5.74) is 1.22. The molecule has 3 aliphatic rings. The Bertz CT molecular complexity index is 361. The van der Waals surface area contributed by atoms with Gasteiger partial charge in [0.05, 0.1) is 11.7 Å². The van der Waals surface area contributed by atoms with Crippen LogP contribution in [0, 0.1) is 22.7 Å². The second-order valence-electron chi connectivity index (χ2n) is 8.81. The van der Waals surface area contributed by atoms with Crippen LogP contribution < -0.4 is 0 Å². The van der Waals surface area contributed by atoms with Crippen molar-refractivity contribution in [1.82, 2.24) is 0 Å². The van der Waals surface area contributed by atoms with Gasteiger partial charge >= 0.3 is 0 Å². The molecule has 1 nitrogen and oxygen atoms in total. The predicted octanol–water partition coefficient (Wildman–Crippen LogP) is 5.19. The zero-order chi connectivity index (χ0) is 13.9. The van der Waals surface area contributed by atoms with Crippen LogP contribution in [-0.2, 0) is 4.74 Å². The Labute approximate surface area is 119 Å². The third-order valence-corrected chi connectivity index (χ3v) is 7.07. The second-order valence-corrected chi connectivity index (χ2v) is 8.81. The van der Waals surface area contributed by atoms with Crippen molar-refractivity contribution in [3.8, 4) is 0 Å². The summed E-state index contributed by atoms with van der Waals surface area (Å²) in [4.78, 5) is 0. The Balaban J connectivity index is 1.94. The second kappa shape index (κ2) is 4.23. The largest absolute Gasteiger partial charge is 0.372 e. The molecule has 0 aromatic heterocycles. The maximum Gasteiger partial charge on any atom is 0.0691 e. The molecule has 0 aromatic carbocycles. The molecule has 1 heteroatoms. The molecule has 0 aromatic rings. The number of hydrogen-bond acceptors (Lipinski definition) is 1. The summed E-state index contributed by atoms with van der Waals surface area (Å²) in [5, 5.41) is 0. The van der Waals surface area contributed by atoms with Crippen molar-refractivity contribution >= 4 is 0 Å². The third-order valence-electron chi connectivity index (χ3n) is 7.07. The summed E-state index contributed by atoms with van der Waals surface area (Å²) < 4.78 is 6.46. The van der Waals surface area contributed by atoms with Gasteiger partial charge in [-0.1, -0.05) is 27.2 Å². The normalized spacial score (nSPS) is 53.2. The van der Waals surface area contributed by atoms with Gasteiger partial charge in [0, 0.05) is 0 Å². The van der Waals surface area contributed by atoms with Crippen molar-refractivity contribution in [2.24, 2.45) is 22.7 Å². The average Bonchev–Trinajstić information content (AvgIpc) is 2.25. The van der Waals surface area contributed by atoms with E-state index in [0.29, 0.717) is 16.9 Å². The maximum absolute atomic E-state index is 6.46. The first kappa shape index (κ1) is 13.9. The number of fused-ring (bicyclic) bond motifs is 3. The van der Waals surface area contributed by atoms with Crippen LogP contribution in [0.3, 0.4) is 0 Å². The van der Waals surface area contributed by atoms with E-state index < -0.39 is 0 Å². The van der Waals surface area contributed by atoms with E-state index in [2.05, 4.69) is 34.6 Å². The molecule has 2 aliphatic carbocycles. The number of rotatable bonds is 0. The number of ether oxygens (including phenoxy) is 1. The fourth-order valence-corrected chi connectivity index (χ4v) is 6.30. The average molecular weight is 264 g/mol. The topological polar surface area (TPSA) is 9.23 Å². The molecule has 1 aliphatic heterocycles. The molecule has 110 valence electrons. The van der Waals surface area contributed by atoms with Gasteiger partial charge in [-0.3, -0.25) is 0 Å². The fraction of sp³-hybridized carbons (Fsp3) is 1.00. The van der Waals surface area contributed by atoms with Gasteiger partial charge in [0.15, 0.2) is 0 Å². The van der Waals surface area contributed by atoms with E-state index in [-0.39, 0.29) is 5.60 Å². The molecule has 3 fully saturated rings. The van der Waals surface area contributed by atoms with E-state index in [9.17, 15) is 0 Å². The van der Waals surface area contributed by atoms with Crippen molar-refractivity contribution in [3.05, 3.63) is 0 Å². The van der Waals surface area contributed by atoms with Crippen LogP contribution in [-0.4, -0.2) is 11.7 Å². The summed E-state index contributed by atoms with van der Waals surface area (Å²) in [7, 11) is 0. The molecule has 0 bridgehead atoms. The smallest absolute Gasteiger partial charge is 0.0691 e. The lowest BCUT2D eigenvalue weighted by molar-refractivity contribution is -0.232. The first-order valence-electron chi connectivity index (χ1n) is 8.46. The molecule has 19 heavy (non-hydrogen) atoms. The van der Waals surface area contributed by atoms with Crippen LogP contribution in [0.4, 0.5) is 0 Å². The highest BCUT2D eigenvalue weighted by atomic mass is 16.5. The zero-order valence-electron chi connectivity index (χ0n) is 13.6. The van der Waals surface area contributed by atoms with E-state index in [1.807, 2.05) is 0 Å². The van der Waals surface area contributed by atoms with Gasteiger partial charge in [0.25, 0.3) is 0 Å². The molecule has 2 saturated carbocycles. The van der Waals surface area contributed by atoms with Crippen molar-refractivity contribution < 1.29 is 4.74 Å². The SMILES string of the molecule is CC1CC[C@@H]2[C@@]3(C)CCCC(C)(C)[C@@H]3CC[C@@]2(C)O1. The fourth-order valence-electron chi connectivity index (χ4n) is 6.30. The van der Waals surface area contributed by atoms with Crippen LogP contribution in [0.25, 0.3) is 0 Å². The molecule has 0 N–H and O–H groups in total. The minimum Gasteiger partial charge on any atom is -0.372 e. The molecule has 0 amide bonds. The lowest BCUT2D eigenvalue weighted by Crippen LogP contribution is -2.60. The van der Waals surface area contributed by atoms with Crippen LogP contribution in [0.1, 0.15) is 79.6 Å². The summed E-state index contributed by atoms with van der Waals surface area (Å²) in [6.45, 7) is 12.3. The minimum atomic E-state index is 0.163. The van der Waals surface area contributed by atoms with Gasteiger partial charge in [0.2, 0.25) is 0 Å². The molecule has 1 heterocycles. The van der Waals surface area contributed by atoms with E-state index in [4.69, 9.17) is 4.74 Å². The van der Waals surface area contributed by atoms with Gasteiger partial charge in [-0.05, 0) is 75.0 Å². The first-order chi connectivity index (χ1) is 8.78. The standard InChI is InChI=1S/C18H32O/c1-13-7-8-15-17(4)11-6-10-16(2,3)14(17)9-12-18(15,5)19-13/h13-15H,6-12H2,1-5H3/t13?,14-,15+,17-,18+/m0/s1. The van der Waals surface area contributed by atoms with Gasteiger partial charge in [-0.2, -0.15) is 0 Å². The number of hydrogen-bond donors (Lipinski definition) is 0. The van der Waals surface area contributed by atoms with Crippen molar-refractivity contribution in [3.63, 3.8) is 0 Å². The van der Waals surface area contributed by atoms with Crippen LogP contribution in [0.2, 0.25) is 0 Å². The molecule has 1 unspecified atom stereocenters. The van der Waals surface area contributed by atoms with Crippen LogP contribution in [0.15, 0.2) is 0 Å². The van der Waals surface area contributed by atoms with E-state index in [1.54, 1.807) is 0 Å². The highest BCUT2D eigenvalue weighted by Gasteiger charge is 2.59. The molecule has 0 radical (unpaired) electrons. The van der Waals surface area contributed by atoms with E-state index in [1.165, 1.54) is 44.9 Å². The summed E-state index contributed by atoms with van der Waals surface area (Å²) in [6, 6.07) is 0. The summed E-state index contributed by atoms with van der Waals surface area (Å²) in [5.74, 6) is 1.69. The van der Waals surface area contributed by atoms with Gasteiger partial charge in [-0.25, -0.2) is 0 Å². The Morgan fingerprint density at radius 3 is 2.32 bits per heavy atom. The monoisotopic (exact) mass is 264 g/mol. The Morgan fingerprint density at radius 1 is 0.842 bits per heavy atom. The third kappa shape index (κ3) is 1.99. The zero-order valence-corrected chi connectivity index (χ0v) is 13.6. The van der Waals surface area contributed by atoms with Crippen LogP contribution in [0.5, 0.6) is 0 Å². The Morgan fingerprint density at radius 2 is 1.58 bits per heavy atom. The van der Waals surface area contributed by atoms with Crippen molar-refractivity contribution in [2.45, 2.75) is 91.3 Å². The van der Waals surface area contributed by atoms with Gasteiger partial charge < -0.3 is 4.74 Å². The summed E-state index contributed by atoms with van der Waals surface area (Å²) >= 11 is 0. The molecule has 0 spiro atoms. The predicted molar refractivity (Wildman–Crippen MR) is 80.1 cm³/mol. The van der Waals surface area contributed by atoms with Crippen molar-refractivity contribution in [1.29, 1.82) is 0 Å². The quantitative estimate of drug-likeness (QED) is 0.585. The lowest BCUT2D eigenvalue weighted by Gasteiger charge is -2.64. The first-order valence-corrected chi connectivity index (χ1v) is 8.46. The molecule has 3 rings (SSSR count). The highest BCUT2D eigenvalue weighted by Crippen LogP contribution is 2.64. The summed E-state index contributed by atoms with van der Waals surface area (Å²) in [6.07, 6.45) is 10.1. The van der Waals surface area contributed by atoms with Crippen molar-refractivity contribution in [2.75, 3.05) is 0 Å².